The van der Waals surface area contributed by atoms with Crippen LogP contribution in [-0.2, 0) is 32.9 Å². The zero-order valence-electron chi connectivity index (χ0n) is 13.0. The van der Waals surface area contributed by atoms with Crippen LogP contribution >= 0.6 is 11.3 Å². The van der Waals surface area contributed by atoms with Crippen molar-refractivity contribution in [1.82, 2.24) is 14.7 Å². The van der Waals surface area contributed by atoms with Crippen LogP contribution in [-0.4, -0.2) is 27.1 Å². The molecule has 116 valence electrons. The summed E-state index contributed by atoms with van der Waals surface area (Å²) in [6, 6.07) is 2.15. The molecule has 1 amide bonds. The van der Waals surface area contributed by atoms with Gasteiger partial charge in [-0.25, -0.2) is 0 Å². The molecule has 0 aromatic carbocycles. The molecule has 1 aliphatic carbocycles. The normalized spacial score (nSPS) is 17.8. The Bertz CT molecular complexity index is 692. The molecule has 0 saturated carbocycles. The number of hydrogen-bond donors (Lipinski definition) is 0. The number of aryl methyl sites for hydroxylation is 3. The van der Waals surface area contributed by atoms with Crippen LogP contribution in [0.2, 0.25) is 0 Å². The molecule has 22 heavy (non-hydrogen) atoms. The van der Waals surface area contributed by atoms with Gasteiger partial charge in [-0.05, 0) is 50.2 Å². The van der Waals surface area contributed by atoms with Gasteiger partial charge in [-0.2, -0.15) is 5.10 Å². The van der Waals surface area contributed by atoms with Gasteiger partial charge in [0.25, 0.3) is 5.91 Å². The first-order valence-corrected chi connectivity index (χ1v) is 8.94. The average molecular weight is 315 g/mol. The highest BCUT2D eigenvalue weighted by Gasteiger charge is 2.25. The van der Waals surface area contributed by atoms with Gasteiger partial charge >= 0.3 is 0 Å². The molecule has 0 unspecified atom stereocenters. The second kappa shape index (κ2) is 5.54. The molecule has 1 aliphatic heterocycles. The van der Waals surface area contributed by atoms with Gasteiger partial charge in [0.05, 0.1) is 11.1 Å². The van der Waals surface area contributed by atoms with Crippen molar-refractivity contribution in [3.05, 3.63) is 38.8 Å². The van der Waals surface area contributed by atoms with E-state index in [0.29, 0.717) is 6.54 Å². The Morgan fingerprint density at radius 1 is 1.18 bits per heavy atom. The summed E-state index contributed by atoms with van der Waals surface area (Å²) >= 11 is 1.72. The summed E-state index contributed by atoms with van der Waals surface area (Å²) in [6.07, 6.45) is 8.77. The summed E-state index contributed by atoms with van der Waals surface area (Å²) in [5, 5.41) is 4.34. The van der Waals surface area contributed by atoms with Crippen molar-refractivity contribution in [2.24, 2.45) is 7.05 Å². The van der Waals surface area contributed by atoms with Crippen molar-refractivity contribution in [3.63, 3.8) is 0 Å². The van der Waals surface area contributed by atoms with Gasteiger partial charge in [-0.15, -0.1) is 11.3 Å². The van der Waals surface area contributed by atoms with Crippen molar-refractivity contribution in [3.8, 4) is 0 Å². The second-order valence-electron chi connectivity index (χ2n) is 6.34. The Kier molecular flexibility index (Phi) is 3.53. The first-order valence-electron chi connectivity index (χ1n) is 8.13. The molecule has 3 heterocycles. The minimum Gasteiger partial charge on any atom is -0.333 e. The van der Waals surface area contributed by atoms with Crippen LogP contribution in [0.25, 0.3) is 0 Å². The van der Waals surface area contributed by atoms with E-state index < -0.39 is 0 Å². The highest BCUT2D eigenvalue weighted by Crippen LogP contribution is 2.31. The number of aromatic nitrogens is 2. The van der Waals surface area contributed by atoms with E-state index in [2.05, 4.69) is 11.2 Å². The zero-order valence-corrected chi connectivity index (χ0v) is 13.8. The summed E-state index contributed by atoms with van der Waals surface area (Å²) in [7, 11) is 1.99. The molecule has 0 atom stereocenters. The van der Waals surface area contributed by atoms with Crippen LogP contribution in [0.15, 0.2) is 12.3 Å². The maximum Gasteiger partial charge on any atom is 0.264 e. The summed E-state index contributed by atoms with van der Waals surface area (Å²) in [5.74, 6) is 0.205. The molecule has 4 nitrogen and oxygen atoms in total. The van der Waals surface area contributed by atoms with Crippen LogP contribution in [0.3, 0.4) is 0 Å². The van der Waals surface area contributed by atoms with Gasteiger partial charge in [0.1, 0.15) is 0 Å². The number of rotatable bonds is 1. The Morgan fingerprint density at radius 2 is 2.05 bits per heavy atom. The van der Waals surface area contributed by atoms with E-state index in [4.69, 9.17) is 0 Å². The molecule has 5 heteroatoms. The van der Waals surface area contributed by atoms with Crippen LogP contribution < -0.4 is 0 Å². The molecular weight excluding hydrogens is 294 g/mol. The van der Waals surface area contributed by atoms with Gasteiger partial charge in [0, 0.05) is 36.3 Å². The van der Waals surface area contributed by atoms with Gasteiger partial charge in [0.2, 0.25) is 0 Å². The Morgan fingerprint density at radius 3 is 2.91 bits per heavy atom. The molecule has 0 radical (unpaired) electrons. The number of thiophene rings is 1. The van der Waals surface area contributed by atoms with Crippen LogP contribution in [0.1, 0.15) is 50.6 Å². The zero-order chi connectivity index (χ0) is 15.1. The van der Waals surface area contributed by atoms with Crippen molar-refractivity contribution in [1.29, 1.82) is 0 Å². The standard InChI is InChI=1S/C17H21N3OS/c1-19-14-6-4-8-20(11-13(14)10-18-19)17(21)16-9-12-5-2-3-7-15(12)22-16/h9-10H,2-8,11H2,1H3. The minimum atomic E-state index is 0.205. The molecule has 2 aromatic rings. The van der Waals surface area contributed by atoms with Crippen LogP contribution in [0.5, 0.6) is 0 Å². The summed E-state index contributed by atoms with van der Waals surface area (Å²) in [6.45, 7) is 1.54. The molecule has 2 aliphatic rings. The third-order valence-electron chi connectivity index (χ3n) is 4.85. The van der Waals surface area contributed by atoms with E-state index >= 15 is 0 Å². The summed E-state index contributed by atoms with van der Waals surface area (Å²) in [5.41, 5.74) is 3.90. The lowest BCUT2D eigenvalue weighted by molar-refractivity contribution is 0.0750. The average Bonchev–Trinajstić information content (AvgIpc) is 3.03. The molecule has 4 rings (SSSR count). The predicted molar refractivity (Wildman–Crippen MR) is 87.2 cm³/mol. The van der Waals surface area contributed by atoms with Crippen LogP contribution in [0, 0.1) is 0 Å². The molecular formula is C17H21N3OS. The van der Waals surface area contributed by atoms with Crippen molar-refractivity contribution in [2.45, 2.75) is 45.1 Å². The molecule has 0 bridgehead atoms. The SMILES string of the molecule is Cn1ncc2c1CCCN(C(=O)c1cc3c(s1)CCCC3)C2. The molecule has 2 aromatic heterocycles. The Hall–Kier alpha value is -1.62. The third-order valence-corrected chi connectivity index (χ3v) is 6.07. The van der Waals surface area contributed by atoms with E-state index in [0.717, 1.165) is 37.1 Å². The largest absolute Gasteiger partial charge is 0.333 e. The van der Waals surface area contributed by atoms with E-state index in [-0.39, 0.29) is 5.91 Å². The Balaban J connectivity index is 1.58. The van der Waals surface area contributed by atoms with Gasteiger partial charge in [-0.3, -0.25) is 9.48 Å². The number of fused-ring (bicyclic) bond motifs is 2. The van der Waals surface area contributed by atoms with Crippen molar-refractivity contribution in [2.75, 3.05) is 6.54 Å². The Labute approximate surface area is 134 Å². The number of nitrogens with zero attached hydrogens (tertiary/aromatic N) is 3. The first-order chi connectivity index (χ1) is 10.7. The van der Waals surface area contributed by atoms with E-state index in [1.807, 2.05) is 22.8 Å². The van der Waals surface area contributed by atoms with Crippen molar-refractivity contribution < 1.29 is 4.79 Å². The van der Waals surface area contributed by atoms with E-state index in [9.17, 15) is 4.79 Å². The van der Waals surface area contributed by atoms with Gasteiger partial charge < -0.3 is 4.90 Å². The molecule has 0 fully saturated rings. The highest BCUT2D eigenvalue weighted by molar-refractivity contribution is 7.14. The number of carbonyl (C=O) groups excluding carboxylic acids is 1. The predicted octanol–water partition coefficient (Wildman–Crippen LogP) is 2.95. The van der Waals surface area contributed by atoms with E-state index in [1.165, 1.54) is 34.5 Å². The van der Waals surface area contributed by atoms with Gasteiger partial charge in [-0.1, -0.05) is 0 Å². The lowest BCUT2D eigenvalue weighted by Crippen LogP contribution is -2.30. The fraction of sp³-hybridized carbons (Fsp3) is 0.529. The molecule has 0 spiro atoms. The monoisotopic (exact) mass is 315 g/mol. The minimum absolute atomic E-state index is 0.205. The number of carbonyl (C=O) groups is 1. The van der Waals surface area contributed by atoms with Crippen molar-refractivity contribution >= 4 is 17.2 Å². The second-order valence-corrected chi connectivity index (χ2v) is 7.47. The maximum atomic E-state index is 12.9. The first kappa shape index (κ1) is 14.0. The molecule has 0 saturated heterocycles. The lowest BCUT2D eigenvalue weighted by Gasteiger charge is -2.19. The smallest absolute Gasteiger partial charge is 0.264 e. The highest BCUT2D eigenvalue weighted by atomic mass is 32.1. The van der Waals surface area contributed by atoms with E-state index in [1.54, 1.807) is 11.3 Å². The fourth-order valence-electron chi connectivity index (χ4n) is 3.61. The number of amides is 1. The van der Waals surface area contributed by atoms with Crippen LogP contribution in [0.4, 0.5) is 0 Å². The maximum absolute atomic E-state index is 12.9. The molecule has 0 N–H and O–H groups in total. The fourth-order valence-corrected chi connectivity index (χ4v) is 4.83. The third kappa shape index (κ3) is 2.37. The van der Waals surface area contributed by atoms with Gasteiger partial charge in [0.15, 0.2) is 0 Å². The number of hydrogen-bond acceptors (Lipinski definition) is 3. The topological polar surface area (TPSA) is 38.1 Å². The quantitative estimate of drug-likeness (QED) is 0.811. The lowest BCUT2D eigenvalue weighted by atomic mass is 9.99. The summed E-state index contributed by atoms with van der Waals surface area (Å²) < 4.78 is 1.95. The summed E-state index contributed by atoms with van der Waals surface area (Å²) in [4.78, 5) is 17.3.